The zero-order valence-corrected chi connectivity index (χ0v) is 24.7. The fourth-order valence-electron chi connectivity index (χ4n) is 2.59. The van der Waals surface area contributed by atoms with Crippen LogP contribution in [0.25, 0.3) is 0 Å². The van der Waals surface area contributed by atoms with Gasteiger partial charge in [-0.3, -0.25) is 4.79 Å². The molecular formula is C18H30Br6O2. The molecule has 0 aromatic rings. The van der Waals surface area contributed by atoms with E-state index in [4.69, 9.17) is 5.11 Å². The van der Waals surface area contributed by atoms with Gasteiger partial charge in [0.1, 0.15) is 0 Å². The van der Waals surface area contributed by atoms with Crippen LogP contribution in [0.15, 0.2) is 0 Å². The molecular weight excluding hydrogens is 728 g/mol. The summed E-state index contributed by atoms with van der Waals surface area (Å²) in [4.78, 5) is 13.0. The van der Waals surface area contributed by atoms with Crippen molar-refractivity contribution in [1.82, 2.24) is 0 Å². The monoisotopic (exact) mass is 752 g/mol. The van der Waals surface area contributed by atoms with Gasteiger partial charge in [-0.25, -0.2) is 0 Å². The Bertz CT molecular complexity index is 372. The van der Waals surface area contributed by atoms with E-state index in [1.165, 1.54) is 25.7 Å². The molecule has 156 valence electrons. The molecule has 0 heterocycles. The summed E-state index contributed by atoms with van der Waals surface area (Å²) in [7, 11) is 0. The first-order valence-electron chi connectivity index (χ1n) is 9.25. The number of hydrogen-bond donors (Lipinski definition) is 1. The van der Waals surface area contributed by atoms with Crippen molar-refractivity contribution in [2.45, 2.75) is 100 Å². The molecule has 0 rings (SSSR count). The molecule has 0 amide bonds. The Morgan fingerprint density at radius 1 is 0.692 bits per heavy atom. The summed E-state index contributed by atoms with van der Waals surface area (Å²) in [6.07, 6.45) is 10.0. The van der Waals surface area contributed by atoms with E-state index in [0.29, 0.717) is 29.0 Å². The lowest BCUT2D eigenvalue weighted by Gasteiger charge is -2.25. The number of aliphatic carboxylic acids is 1. The van der Waals surface area contributed by atoms with Crippen LogP contribution < -0.4 is 0 Å². The van der Waals surface area contributed by atoms with Crippen LogP contribution in [-0.4, -0.2) is 40.0 Å². The van der Waals surface area contributed by atoms with Crippen LogP contribution in [0.1, 0.15) is 71.1 Å². The molecule has 8 heteroatoms. The molecule has 0 aliphatic rings. The van der Waals surface area contributed by atoms with Gasteiger partial charge in [0.25, 0.3) is 0 Å². The number of carbonyl (C=O) groups is 1. The van der Waals surface area contributed by atoms with E-state index in [1.54, 1.807) is 0 Å². The van der Waals surface area contributed by atoms with Gasteiger partial charge in [0, 0.05) is 35.4 Å². The molecule has 0 aliphatic heterocycles. The molecule has 0 fully saturated rings. The first-order valence-corrected chi connectivity index (χ1v) is 14.7. The fourth-order valence-corrected chi connectivity index (χ4v) is 7.24. The summed E-state index contributed by atoms with van der Waals surface area (Å²) in [6.45, 7) is 2.23. The molecule has 0 radical (unpaired) electrons. The van der Waals surface area contributed by atoms with E-state index >= 15 is 0 Å². The average molecular weight is 758 g/mol. The maximum Gasteiger partial charge on any atom is 0.303 e. The van der Waals surface area contributed by atoms with E-state index in [1.807, 2.05) is 0 Å². The van der Waals surface area contributed by atoms with Crippen molar-refractivity contribution in [2.75, 3.05) is 0 Å². The van der Waals surface area contributed by atoms with Crippen molar-refractivity contribution in [3.8, 4) is 0 Å². The minimum Gasteiger partial charge on any atom is -0.481 e. The standard InChI is InChI=1S/C18H30Br6O2/c1-2-3-4-7-12(19)14(21)10-16(23)17(24)11-15(22)13(20)8-5-6-9-18(25)26/h12-17H,2-11H2,1H3,(H,25,26)/t12-,13-,14-,15+,16+,17-/m1/s1. The second-order valence-electron chi connectivity index (χ2n) is 6.70. The van der Waals surface area contributed by atoms with Crippen LogP contribution in [0.5, 0.6) is 0 Å². The van der Waals surface area contributed by atoms with Gasteiger partial charge in [0.05, 0.1) is 0 Å². The first kappa shape index (κ1) is 28.4. The van der Waals surface area contributed by atoms with E-state index in [2.05, 4.69) is 103 Å². The summed E-state index contributed by atoms with van der Waals surface area (Å²) >= 11 is 22.9. The Balaban J connectivity index is 4.13. The Labute approximate surface area is 209 Å². The summed E-state index contributed by atoms with van der Waals surface area (Å²) < 4.78 is 0. The first-order chi connectivity index (χ1) is 12.2. The number of carboxylic acids is 1. The number of alkyl halides is 6. The van der Waals surface area contributed by atoms with Gasteiger partial charge in [-0.1, -0.05) is 128 Å². The van der Waals surface area contributed by atoms with Gasteiger partial charge in [-0.05, 0) is 32.1 Å². The second kappa shape index (κ2) is 17.1. The van der Waals surface area contributed by atoms with Gasteiger partial charge >= 0.3 is 5.97 Å². The van der Waals surface area contributed by atoms with Crippen molar-refractivity contribution >= 4 is 102 Å². The van der Waals surface area contributed by atoms with Crippen molar-refractivity contribution in [2.24, 2.45) is 0 Å². The van der Waals surface area contributed by atoms with E-state index in [-0.39, 0.29) is 6.42 Å². The molecule has 0 bridgehead atoms. The third kappa shape index (κ3) is 14.4. The molecule has 26 heavy (non-hydrogen) atoms. The molecule has 0 saturated carbocycles. The highest BCUT2D eigenvalue weighted by molar-refractivity contribution is 9.13. The Kier molecular flexibility index (Phi) is 18.6. The molecule has 1 N–H and O–H groups in total. The smallest absolute Gasteiger partial charge is 0.303 e. The van der Waals surface area contributed by atoms with Gasteiger partial charge in [-0.15, -0.1) is 0 Å². The van der Waals surface area contributed by atoms with Gasteiger partial charge < -0.3 is 5.11 Å². The van der Waals surface area contributed by atoms with Gasteiger partial charge in [0.2, 0.25) is 0 Å². The average Bonchev–Trinajstić information content (AvgIpc) is 2.57. The lowest BCUT2D eigenvalue weighted by atomic mass is 10.0. The van der Waals surface area contributed by atoms with Crippen LogP contribution in [0.3, 0.4) is 0 Å². The zero-order chi connectivity index (χ0) is 20.1. The van der Waals surface area contributed by atoms with Crippen molar-refractivity contribution in [1.29, 1.82) is 0 Å². The normalized spacial score (nSPS) is 18.7. The fraction of sp³-hybridized carbons (Fsp3) is 0.944. The summed E-state index contributed by atoms with van der Waals surface area (Å²) in [5, 5.41) is 8.70. The lowest BCUT2D eigenvalue weighted by Crippen LogP contribution is -2.27. The molecule has 0 aliphatic carbocycles. The molecule has 0 saturated heterocycles. The maximum atomic E-state index is 10.6. The Morgan fingerprint density at radius 2 is 1.08 bits per heavy atom. The third-order valence-electron chi connectivity index (χ3n) is 4.28. The molecule has 6 atom stereocenters. The minimum absolute atomic E-state index is 0.260. The van der Waals surface area contributed by atoms with E-state index < -0.39 is 5.97 Å². The number of carboxylic acid groups (broad SMARTS) is 1. The molecule has 0 spiro atoms. The van der Waals surface area contributed by atoms with Gasteiger partial charge in [-0.2, -0.15) is 0 Å². The Morgan fingerprint density at radius 3 is 1.46 bits per heavy atom. The lowest BCUT2D eigenvalue weighted by molar-refractivity contribution is -0.137. The number of unbranched alkanes of at least 4 members (excludes halogenated alkanes) is 3. The molecule has 0 aromatic carbocycles. The van der Waals surface area contributed by atoms with Crippen molar-refractivity contribution in [3.05, 3.63) is 0 Å². The zero-order valence-electron chi connectivity index (χ0n) is 15.2. The molecule has 0 unspecified atom stereocenters. The predicted molar refractivity (Wildman–Crippen MR) is 136 cm³/mol. The summed E-state index contributed by atoms with van der Waals surface area (Å²) in [5.74, 6) is -0.710. The van der Waals surface area contributed by atoms with Crippen molar-refractivity contribution < 1.29 is 9.90 Å². The highest BCUT2D eigenvalue weighted by Gasteiger charge is 2.27. The quantitative estimate of drug-likeness (QED) is 0.127. The van der Waals surface area contributed by atoms with Crippen LogP contribution in [0, 0.1) is 0 Å². The minimum atomic E-state index is -0.710. The van der Waals surface area contributed by atoms with Gasteiger partial charge in [0.15, 0.2) is 0 Å². The maximum absolute atomic E-state index is 10.6. The number of halogens is 6. The summed E-state index contributed by atoms with van der Waals surface area (Å²) in [5.41, 5.74) is 0. The second-order valence-corrected chi connectivity index (χ2v) is 13.8. The van der Waals surface area contributed by atoms with Crippen LogP contribution >= 0.6 is 95.6 Å². The summed E-state index contributed by atoms with van der Waals surface area (Å²) in [6, 6.07) is 0. The SMILES string of the molecule is CCCCC[C@@H](Br)[C@H](Br)C[C@H](Br)[C@H](Br)C[C@H](Br)[C@H](Br)CCCCC(=O)O. The predicted octanol–water partition coefficient (Wildman–Crippen LogP) is 8.57. The number of rotatable bonds is 16. The van der Waals surface area contributed by atoms with Crippen LogP contribution in [0.4, 0.5) is 0 Å². The third-order valence-corrected chi connectivity index (χ3v) is 12.7. The largest absolute Gasteiger partial charge is 0.481 e. The molecule has 2 nitrogen and oxygen atoms in total. The topological polar surface area (TPSA) is 37.3 Å². The highest BCUT2D eigenvalue weighted by atomic mass is 79.9. The Hall–Kier alpha value is 2.35. The van der Waals surface area contributed by atoms with E-state index in [9.17, 15) is 4.79 Å². The van der Waals surface area contributed by atoms with Crippen molar-refractivity contribution in [3.63, 3.8) is 0 Å². The molecule has 0 aromatic heterocycles. The van der Waals surface area contributed by atoms with Crippen LogP contribution in [-0.2, 0) is 4.79 Å². The van der Waals surface area contributed by atoms with E-state index in [0.717, 1.165) is 32.1 Å². The number of hydrogen-bond acceptors (Lipinski definition) is 1. The highest BCUT2D eigenvalue weighted by Crippen LogP contribution is 2.33. The van der Waals surface area contributed by atoms with Crippen LogP contribution in [0.2, 0.25) is 0 Å².